The zero-order valence-corrected chi connectivity index (χ0v) is 18.5. The lowest BCUT2D eigenvalue weighted by molar-refractivity contribution is -0.116. The molecule has 1 amide bonds. The molecule has 0 radical (unpaired) electrons. The molecule has 6 nitrogen and oxygen atoms in total. The van der Waals surface area contributed by atoms with Gasteiger partial charge in [0.1, 0.15) is 5.75 Å². The summed E-state index contributed by atoms with van der Waals surface area (Å²) in [7, 11) is -3.76. The zero-order chi connectivity index (χ0) is 22.3. The molecule has 0 spiro atoms. The first kappa shape index (κ1) is 22.7. The number of aryl methyl sites for hydroxylation is 1. The van der Waals surface area contributed by atoms with Gasteiger partial charge in [0.05, 0.1) is 17.2 Å². The molecule has 0 aromatic heterocycles. The standard InChI is InChI=1S/C23H23ClN2O4S/c1-17-7-11-21(12-8-17)30-15-3-6-23(27)25-19-9-13-22(14-10-19)31(28,29)26-20-5-2-4-18(24)16-20/h2,4-5,7-14,16,26H,3,6,15H2,1H3,(H,25,27). The minimum atomic E-state index is -3.76. The van der Waals surface area contributed by atoms with Gasteiger partial charge in [-0.2, -0.15) is 0 Å². The third-order valence-electron chi connectivity index (χ3n) is 4.36. The third kappa shape index (κ3) is 7.01. The van der Waals surface area contributed by atoms with E-state index in [0.717, 1.165) is 11.3 Å². The van der Waals surface area contributed by atoms with E-state index in [2.05, 4.69) is 10.0 Å². The number of rotatable bonds is 9. The van der Waals surface area contributed by atoms with Gasteiger partial charge in [0.15, 0.2) is 0 Å². The highest BCUT2D eigenvalue weighted by Gasteiger charge is 2.14. The van der Waals surface area contributed by atoms with Crippen LogP contribution in [0.4, 0.5) is 11.4 Å². The highest BCUT2D eigenvalue weighted by molar-refractivity contribution is 7.92. The largest absolute Gasteiger partial charge is 0.494 e. The molecule has 0 aliphatic heterocycles. The molecule has 0 atom stereocenters. The second kappa shape index (κ2) is 10.3. The summed E-state index contributed by atoms with van der Waals surface area (Å²) in [6.45, 7) is 2.44. The second-order valence-electron chi connectivity index (χ2n) is 6.95. The van der Waals surface area contributed by atoms with E-state index in [1.54, 1.807) is 30.3 Å². The molecular weight excluding hydrogens is 436 g/mol. The van der Waals surface area contributed by atoms with Gasteiger partial charge >= 0.3 is 0 Å². The van der Waals surface area contributed by atoms with E-state index in [4.69, 9.17) is 16.3 Å². The van der Waals surface area contributed by atoms with Crippen LogP contribution in [0.1, 0.15) is 18.4 Å². The van der Waals surface area contributed by atoms with Crippen LogP contribution in [0.2, 0.25) is 5.02 Å². The van der Waals surface area contributed by atoms with Crippen LogP contribution in [-0.4, -0.2) is 20.9 Å². The summed E-state index contributed by atoms with van der Waals surface area (Å²) in [4.78, 5) is 12.2. The van der Waals surface area contributed by atoms with E-state index in [-0.39, 0.29) is 10.8 Å². The van der Waals surface area contributed by atoms with E-state index in [9.17, 15) is 13.2 Å². The van der Waals surface area contributed by atoms with Crippen LogP contribution < -0.4 is 14.8 Å². The maximum Gasteiger partial charge on any atom is 0.261 e. The van der Waals surface area contributed by atoms with Crippen LogP contribution >= 0.6 is 11.6 Å². The van der Waals surface area contributed by atoms with Crippen molar-refractivity contribution in [2.24, 2.45) is 0 Å². The SMILES string of the molecule is Cc1ccc(OCCCC(=O)Nc2ccc(S(=O)(=O)Nc3cccc(Cl)c3)cc2)cc1. The Bertz CT molecular complexity index is 1130. The number of carbonyl (C=O) groups is 1. The van der Waals surface area contributed by atoms with Crippen molar-refractivity contribution in [2.45, 2.75) is 24.7 Å². The average molecular weight is 459 g/mol. The maximum atomic E-state index is 12.5. The van der Waals surface area contributed by atoms with Gasteiger partial charge in [0.2, 0.25) is 5.91 Å². The van der Waals surface area contributed by atoms with Gasteiger partial charge in [-0.25, -0.2) is 8.42 Å². The number of ether oxygens (including phenoxy) is 1. The summed E-state index contributed by atoms with van der Waals surface area (Å²) in [6.07, 6.45) is 0.859. The number of hydrogen-bond acceptors (Lipinski definition) is 4. The van der Waals surface area contributed by atoms with E-state index in [0.29, 0.717) is 35.8 Å². The Labute approximate surface area is 187 Å². The maximum absolute atomic E-state index is 12.5. The summed E-state index contributed by atoms with van der Waals surface area (Å²) >= 11 is 5.89. The van der Waals surface area contributed by atoms with Crippen LogP contribution in [0.3, 0.4) is 0 Å². The fourth-order valence-electron chi connectivity index (χ4n) is 2.76. The average Bonchev–Trinajstić information content (AvgIpc) is 2.72. The summed E-state index contributed by atoms with van der Waals surface area (Å²) in [5.74, 6) is 0.606. The van der Waals surface area contributed by atoms with Gasteiger partial charge in [-0.15, -0.1) is 0 Å². The molecule has 0 aliphatic rings. The fraction of sp³-hybridized carbons (Fsp3) is 0.174. The molecule has 2 N–H and O–H groups in total. The molecule has 162 valence electrons. The van der Waals surface area contributed by atoms with Crippen LogP contribution in [-0.2, 0) is 14.8 Å². The molecule has 8 heteroatoms. The first-order chi connectivity index (χ1) is 14.8. The molecule has 0 aliphatic carbocycles. The van der Waals surface area contributed by atoms with Crippen molar-refractivity contribution in [3.63, 3.8) is 0 Å². The first-order valence-electron chi connectivity index (χ1n) is 9.70. The van der Waals surface area contributed by atoms with Crippen LogP contribution in [0.15, 0.2) is 77.7 Å². The van der Waals surface area contributed by atoms with Crippen LogP contribution in [0.5, 0.6) is 5.75 Å². The number of amides is 1. The first-order valence-corrected chi connectivity index (χ1v) is 11.6. The van der Waals surface area contributed by atoms with Crippen molar-refractivity contribution >= 4 is 38.9 Å². The minimum Gasteiger partial charge on any atom is -0.494 e. The lowest BCUT2D eigenvalue weighted by atomic mass is 10.2. The Balaban J connectivity index is 1.48. The van der Waals surface area contributed by atoms with Crippen molar-refractivity contribution in [1.82, 2.24) is 0 Å². The Morgan fingerprint density at radius 3 is 2.35 bits per heavy atom. The highest BCUT2D eigenvalue weighted by atomic mass is 35.5. The van der Waals surface area contributed by atoms with Gasteiger partial charge in [-0.1, -0.05) is 35.4 Å². The van der Waals surface area contributed by atoms with Gasteiger partial charge in [-0.05, 0) is 67.9 Å². The number of hydrogen-bond donors (Lipinski definition) is 2. The van der Waals surface area contributed by atoms with Crippen molar-refractivity contribution in [1.29, 1.82) is 0 Å². The molecule has 3 aromatic carbocycles. The summed E-state index contributed by atoms with van der Waals surface area (Å²) in [5, 5.41) is 3.19. The predicted molar refractivity (Wildman–Crippen MR) is 123 cm³/mol. The number of halogens is 1. The van der Waals surface area contributed by atoms with Crippen molar-refractivity contribution in [3.8, 4) is 5.75 Å². The molecular formula is C23H23ClN2O4S. The third-order valence-corrected chi connectivity index (χ3v) is 6.00. The quantitative estimate of drug-likeness (QED) is 0.429. The molecule has 0 saturated heterocycles. The molecule has 0 unspecified atom stereocenters. The number of carbonyl (C=O) groups excluding carboxylic acids is 1. The number of anilines is 2. The Morgan fingerprint density at radius 2 is 1.68 bits per heavy atom. The van der Waals surface area contributed by atoms with Crippen molar-refractivity contribution < 1.29 is 17.9 Å². The molecule has 0 saturated carbocycles. The van der Waals surface area contributed by atoms with Gasteiger partial charge in [0, 0.05) is 17.1 Å². The molecule has 31 heavy (non-hydrogen) atoms. The molecule has 3 rings (SSSR count). The number of nitrogens with one attached hydrogen (secondary N) is 2. The molecule has 3 aromatic rings. The van der Waals surface area contributed by atoms with Crippen molar-refractivity contribution in [2.75, 3.05) is 16.6 Å². The summed E-state index contributed by atoms with van der Waals surface area (Å²) in [5.41, 5.74) is 2.05. The zero-order valence-electron chi connectivity index (χ0n) is 17.0. The predicted octanol–water partition coefficient (Wildman–Crippen LogP) is 5.25. The lowest BCUT2D eigenvalue weighted by Crippen LogP contribution is -2.14. The van der Waals surface area contributed by atoms with E-state index in [1.165, 1.54) is 18.2 Å². The molecule has 0 fully saturated rings. The molecule has 0 bridgehead atoms. The van der Waals surface area contributed by atoms with Crippen molar-refractivity contribution in [3.05, 3.63) is 83.4 Å². The Morgan fingerprint density at radius 1 is 0.968 bits per heavy atom. The number of sulfonamides is 1. The summed E-state index contributed by atoms with van der Waals surface area (Å²) in [6, 6.07) is 20.1. The smallest absolute Gasteiger partial charge is 0.261 e. The van der Waals surface area contributed by atoms with Crippen LogP contribution in [0.25, 0.3) is 0 Å². The van der Waals surface area contributed by atoms with E-state index < -0.39 is 10.0 Å². The fourth-order valence-corrected chi connectivity index (χ4v) is 4.00. The van der Waals surface area contributed by atoms with Crippen LogP contribution in [0, 0.1) is 6.92 Å². The Kier molecular flexibility index (Phi) is 7.55. The summed E-state index contributed by atoms with van der Waals surface area (Å²) < 4.78 is 33.1. The topological polar surface area (TPSA) is 84.5 Å². The van der Waals surface area contributed by atoms with E-state index >= 15 is 0 Å². The second-order valence-corrected chi connectivity index (χ2v) is 9.07. The monoisotopic (exact) mass is 458 g/mol. The minimum absolute atomic E-state index is 0.0805. The number of benzene rings is 3. The van der Waals surface area contributed by atoms with Gasteiger partial charge < -0.3 is 10.1 Å². The highest BCUT2D eigenvalue weighted by Crippen LogP contribution is 2.21. The van der Waals surface area contributed by atoms with E-state index in [1.807, 2.05) is 31.2 Å². The van der Waals surface area contributed by atoms with Gasteiger partial charge in [0.25, 0.3) is 10.0 Å². The molecule has 0 heterocycles. The Hall–Kier alpha value is -3.03. The normalized spacial score (nSPS) is 11.0. The lowest BCUT2D eigenvalue weighted by Gasteiger charge is -2.10. The van der Waals surface area contributed by atoms with Gasteiger partial charge in [-0.3, -0.25) is 9.52 Å².